The zero-order valence-electron chi connectivity index (χ0n) is 10.5. The molecule has 0 spiro atoms. The van der Waals surface area contributed by atoms with Crippen LogP contribution in [0.2, 0.25) is 0 Å². The minimum atomic E-state index is -1.01. The molecular formula is C14H12O4S. The zero-order valence-corrected chi connectivity index (χ0v) is 11.3. The van der Waals surface area contributed by atoms with Crippen LogP contribution in [0.3, 0.4) is 0 Å². The molecule has 0 radical (unpaired) electrons. The van der Waals surface area contributed by atoms with E-state index in [1.165, 1.54) is 13.0 Å². The SMILES string of the molecule is Cc1cccc2c1C(=O)C=C(SC(C)C(=O)O)C2=O. The molecule has 0 bridgehead atoms. The van der Waals surface area contributed by atoms with Gasteiger partial charge in [-0.3, -0.25) is 14.4 Å². The summed E-state index contributed by atoms with van der Waals surface area (Å²) in [6.07, 6.45) is 1.24. The van der Waals surface area contributed by atoms with Crippen LogP contribution in [0.4, 0.5) is 0 Å². The lowest BCUT2D eigenvalue weighted by Gasteiger charge is -2.17. The Morgan fingerprint density at radius 2 is 2.00 bits per heavy atom. The minimum Gasteiger partial charge on any atom is -0.480 e. The molecular weight excluding hydrogens is 264 g/mol. The van der Waals surface area contributed by atoms with Crippen molar-refractivity contribution in [1.82, 2.24) is 0 Å². The molecule has 5 heteroatoms. The first-order valence-electron chi connectivity index (χ1n) is 5.71. The summed E-state index contributed by atoms with van der Waals surface area (Å²) in [5.41, 5.74) is 1.52. The number of aryl methyl sites for hydroxylation is 1. The first kappa shape index (κ1) is 13.5. The molecule has 0 aliphatic heterocycles. The van der Waals surface area contributed by atoms with Gasteiger partial charge in [0.15, 0.2) is 11.6 Å². The van der Waals surface area contributed by atoms with Gasteiger partial charge >= 0.3 is 5.97 Å². The third-order valence-electron chi connectivity index (χ3n) is 2.90. The van der Waals surface area contributed by atoms with Crippen molar-refractivity contribution in [2.75, 3.05) is 0 Å². The van der Waals surface area contributed by atoms with Gasteiger partial charge in [-0.1, -0.05) is 18.2 Å². The van der Waals surface area contributed by atoms with Gasteiger partial charge in [0.2, 0.25) is 0 Å². The normalized spacial score (nSPS) is 15.8. The van der Waals surface area contributed by atoms with Gasteiger partial charge in [0.25, 0.3) is 0 Å². The second kappa shape index (κ2) is 5.01. The van der Waals surface area contributed by atoms with E-state index in [0.29, 0.717) is 11.1 Å². The van der Waals surface area contributed by atoms with Crippen LogP contribution >= 0.6 is 11.8 Å². The Bertz CT molecular complexity index is 616. The van der Waals surface area contributed by atoms with E-state index in [4.69, 9.17) is 5.11 Å². The number of hydrogen-bond acceptors (Lipinski definition) is 4. The summed E-state index contributed by atoms with van der Waals surface area (Å²) in [6.45, 7) is 3.26. The molecule has 1 aliphatic rings. The molecule has 1 N–H and O–H groups in total. The summed E-state index contributed by atoms with van der Waals surface area (Å²) in [5.74, 6) is -1.54. The van der Waals surface area contributed by atoms with E-state index in [1.807, 2.05) is 0 Å². The predicted molar refractivity (Wildman–Crippen MR) is 72.6 cm³/mol. The highest BCUT2D eigenvalue weighted by Gasteiger charge is 2.29. The molecule has 1 aliphatic carbocycles. The van der Waals surface area contributed by atoms with Crippen molar-refractivity contribution < 1.29 is 19.5 Å². The van der Waals surface area contributed by atoms with E-state index in [9.17, 15) is 14.4 Å². The lowest BCUT2D eigenvalue weighted by molar-refractivity contribution is -0.136. The van der Waals surface area contributed by atoms with E-state index in [0.717, 1.165) is 17.3 Å². The molecule has 19 heavy (non-hydrogen) atoms. The van der Waals surface area contributed by atoms with Crippen molar-refractivity contribution in [3.05, 3.63) is 45.9 Å². The fraction of sp³-hybridized carbons (Fsp3) is 0.214. The molecule has 1 aromatic carbocycles. The molecule has 0 saturated carbocycles. The zero-order chi connectivity index (χ0) is 14.2. The number of Topliss-reactive ketones (excluding diaryl/α,β-unsaturated/α-hetero) is 1. The number of allylic oxidation sites excluding steroid dienone is 2. The summed E-state index contributed by atoms with van der Waals surface area (Å²) in [5, 5.41) is 8.09. The van der Waals surface area contributed by atoms with Crippen molar-refractivity contribution in [1.29, 1.82) is 0 Å². The second-order valence-corrected chi connectivity index (χ2v) is 5.68. The van der Waals surface area contributed by atoms with Crippen molar-refractivity contribution in [3.8, 4) is 0 Å². The fourth-order valence-corrected chi connectivity index (χ4v) is 2.78. The molecule has 0 aromatic heterocycles. The van der Waals surface area contributed by atoms with E-state index in [-0.39, 0.29) is 16.5 Å². The smallest absolute Gasteiger partial charge is 0.316 e. The lowest BCUT2D eigenvalue weighted by atomic mass is 9.91. The van der Waals surface area contributed by atoms with Gasteiger partial charge in [-0.15, -0.1) is 11.8 Å². The highest BCUT2D eigenvalue weighted by Crippen LogP contribution is 2.32. The average Bonchev–Trinajstić information content (AvgIpc) is 2.35. The average molecular weight is 276 g/mol. The van der Waals surface area contributed by atoms with Crippen molar-refractivity contribution in [2.45, 2.75) is 19.1 Å². The monoisotopic (exact) mass is 276 g/mol. The maximum Gasteiger partial charge on any atom is 0.316 e. The summed E-state index contributed by atoms with van der Waals surface area (Å²) in [4.78, 5) is 35.3. The first-order valence-corrected chi connectivity index (χ1v) is 6.59. The third kappa shape index (κ3) is 2.46. The maximum atomic E-state index is 12.2. The van der Waals surface area contributed by atoms with Crippen LogP contribution in [-0.2, 0) is 4.79 Å². The van der Waals surface area contributed by atoms with E-state index in [2.05, 4.69) is 0 Å². The number of carboxylic acid groups (broad SMARTS) is 1. The number of carbonyl (C=O) groups is 3. The molecule has 1 atom stereocenters. The molecule has 98 valence electrons. The topological polar surface area (TPSA) is 71.4 Å². The molecule has 0 saturated heterocycles. The Morgan fingerprint density at radius 1 is 1.32 bits per heavy atom. The Morgan fingerprint density at radius 3 is 2.63 bits per heavy atom. The molecule has 2 rings (SSSR count). The predicted octanol–water partition coefficient (Wildman–Crippen LogP) is 2.46. The first-order chi connectivity index (χ1) is 8.91. The maximum absolute atomic E-state index is 12.2. The second-order valence-electron chi connectivity index (χ2n) is 4.30. The van der Waals surface area contributed by atoms with Gasteiger partial charge in [-0.25, -0.2) is 0 Å². The van der Waals surface area contributed by atoms with E-state index in [1.54, 1.807) is 25.1 Å². The van der Waals surface area contributed by atoms with Gasteiger partial charge in [0.1, 0.15) is 5.25 Å². The number of aliphatic carboxylic acids is 1. The van der Waals surface area contributed by atoms with Gasteiger partial charge in [0, 0.05) is 17.2 Å². The molecule has 1 aromatic rings. The van der Waals surface area contributed by atoms with Gasteiger partial charge in [0.05, 0.1) is 4.91 Å². The van der Waals surface area contributed by atoms with Gasteiger partial charge in [-0.2, -0.15) is 0 Å². The number of hydrogen-bond donors (Lipinski definition) is 1. The van der Waals surface area contributed by atoms with Crippen LogP contribution in [-0.4, -0.2) is 27.9 Å². The van der Waals surface area contributed by atoms with Crippen LogP contribution in [0.25, 0.3) is 0 Å². The molecule has 4 nitrogen and oxygen atoms in total. The lowest BCUT2D eigenvalue weighted by Crippen LogP contribution is -2.20. The largest absolute Gasteiger partial charge is 0.480 e. The Hall–Kier alpha value is -1.88. The Kier molecular flexibility index (Phi) is 3.57. The fourth-order valence-electron chi connectivity index (χ4n) is 1.90. The van der Waals surface area contributed by atoms with Crippen molar-refractivity contribution in [3.63, 3.8) is 0 Å². The van der Waals surface area contributed by atoms with Crippen LogP contribution in [0.5, 0.6) is 0 Å². The quantitative estimate of drug-likeness (QED) is 0.918. The summed E-state index contributed by atoms with van der Waals surface area (Å²) in [7, 11) is 0. The molecule has 0 fully saturated rings. The highest BCUT2D eigenvalue weighted by molar-refractivity contribution is 8.05. The van der Waals surface area contributed by atoms with Crippen LogP contribution < -0.4 is 0 Å². The van der Waals surface area contributed by atoms with Gasteiger partial charge in [-0.05, 0) is 19.4 Å². The number of ketones is 2. The minimum absolute atomic E-state index is 0.193. The number of fused-ring (bicyclic) bond motifs is 1. The van der Waals surface area contributed by atoms with Crippen LogP contribution in [0, 0.1) is 6.92 Å². The van der Waals surface area contributed by atoms with E-state index >= 15 is 0 Å². The highest BCUT2D eigenvalue weighted by atomic mass is 32.2. The number of carboxylic acids is 1. The van der Waals surface area contributed by atoms with Gasteiger partial charge < -0.3 is 5.11 Å². The van der Waals surface area contributed by atoms with E-state index < -0.39 is 11.2 Å². The molecule has 0 heterocycles. The Labute approximate surface area is 114 Å². The molecule has 1 unspecified atom stereocenters. The summed E-state index contributed by atoms with van der Waals surface area (Å²) >= 11 is 0.901. The van der Waals surface area contributed by atoms with Crippen molar-refractivity contribution in [2.24, 2.45) is 0 Å². The molecule has 0 amide bonds. The number of benzene rings is 1. The third-order valence-corrected chi connectivity index (χ3v) is 4.01. The number of carbonyl (C=O) groups excluding carboxylic acids is 2. The summed E-state index contributed by atoms with van der Waals surface area (Å²) in [6, 6.07) is 5.09. The number of rotatable bonds is 3. The summed E-state index contributed by atoms with van der Waals surface area (Å²) < 4.78 is 0. The number of thioether (sulfide) groups is 1. The Balaban J connectivity index is 2.40. The van der Waals surface area contributed by atoms with Crippen LogP contribution in [0.15, 0.2) is 29.2 Å². The standard InChI is InChI=1S/C14H12O4S/c1-7-4-3-5-9-12(7)10(15)6-11(13(9)16)19-8(2)14(17)18/h3-6,8H,1-2H3,(H,17,18). The van der Waals surface area contributed by atoms with Crippen LogP contribution in [0.1, 0.15) is 33.2 Å². The van der Waals surface area contributed by atoms with Crippen molar-refractivity contribution >= 4 is 29.3 Å².